The zero-order chi connectivity index (χ0) is 22.4. The topological polar surface area (TPSA) is 140 Å². The number of urea groups is 1. The van der Waals surface area contributed by atoms with Gasteiger partial charge in [0.2, 0.25) is 5.75 Å². The Balaban J connectivity index is 2.66. The maximum atomic E-state index is 12.9. The number of aromatic hydroxyl groups is 1. The van der Waals surface area contributed by atoms with Crippen LogP contribution in [0.1, 0.15) is 58.6 Å². The molecular formula is C20H27N3O7. The highest BCUT2D eigenvalue weighted by Crippen LogP contribution is 2.41. The number of nitrogens with zero attached hydrogens (tertiary/aromatic N) is 1. The first kappa shape index (κ1) is 23.0. The fourth-order valence-corrected chi connectivity index (χ4v) is 3.12. The second kappa shape index (κ2) is 9.95. The summed E-state index contributed by atoms with van der Waals surface area (Å²) in [6.07, 6.45) is 1.59. The number of ether oxygens (including phenoxy) is 2. The Morgan fingerprint density at radius 3 is 2.60 bits per heavy atom. The normalized spacial score (nSPS) is 16.2. The van der Waals surface area contributed by atoms with Gasteiger partial charge in [0.1, 0.15) is 0 Å². The summed E-state index contributed by atoms with van der Waals surface area (Å²) in [5.74, 6) is -1.36. The lowest BCUT2D eigenvalue weighted by molar-refractivity contribution is -0.386. The highest BCUT2D eigenvalue weighted by atomic mass is 16.6. The molecule has 0 saturated carbocycles. The van der Waals surface area contributed by atoms with Crippen molar-refractivity contribution >= 4 is 17.7 Å². The summed E-state index contributed by atoms with van der Waals surface area (Å²) in [5, 5.41) is 26.9. The standard InChI is InChI=1S/C20H27N3O7/c1-5-7-8-13-16(19(25)30-11(3)4)17(22-20(26)21-13)12-9-14(23(27)28)18(24)15(10-12)29-6-2/h9-11,17,24H,5-8H2,1-4H3,(H2,21,22,26). The van der Waals surface area contributed by atoms with Gasteiger partial charge < -0.3 is 25.2 Å². The molecule has 2 rings (SSSR count). The van der Waals surface area contributed by atoms with Gasteiger partial charge >= 0.3 is 17.7 Å². The average molecular weight is 421 g/mol. The molecular weight excluding hydrogens is 394 g/mol. The van der Waals surface area contributed by atoms with E-state index in [0.29, 0.717) is 12.1 Å². The van der Waals surface area contributed by atoms with Crippen LogP contribution in [0, 0.1) is 10.1 Å². The van der Waals surface area contributed by atoms with Gasteiger partial charge in [0.05, 0.1) is 29.2 Å². The molecule has 3 N–H and O–H groups in total. The van der Waals surface area contributed by atoms with Gasteiger partial charge in [0, 0.05) is 11.8 Å². The molecule has 10 heteroatoms. The van der Waals surface area contributed by atoms with Crippen LogP contribution in [0.2, 0.25) is 0 Å². The number of hydrogen-bond donors (Lipinski definition) is 3. The largest absolute Gasteiger partial charge is 0.500 e. The number of benzene rings is 1. The predicted molar refractivity (Wildman–Crippen MR) is 108 cm³/mol. The van der Waals surface area contributed by atoms with Crippen LogP contribution in [0.4, 0.5) is 10.5 Å². The SMILES string of the molecule is CCCCC1=C(C(=O)OC(C)C)C(c2cc(OCC)c(O)c([N+](=O)[O-])c2)NC(=O)N1. The number of carbonyl (C=O) groups excluding carboxylic acids is 2. The Labute approximate surface area is 174 Å². The molecule has 0 radical (unpaired) electrons. The smallest absolute Gasteiger partial charge is 0.338 e. The van der Waals surface area contributed by atoms with Crippen LogP contribution < -0.4 is 15.4 Å². The first-order valence-corrected chi connectivity index (χ1v) is 9.85. The van der Waals surface area contributed by atoms with E-state index in [2.05, 4.69) is 10.6 Å². The van der Waals surface area contributed by atoms with Crippen LogP contribution in [-0.2, 0) is 9.53 Å². The van der Waals surface area contributed by atoms with Crippen LogP contribution >= 0.6 is 0 Å². The first-order chi connectivity index (χ1) is 14.2. The number of nitro benzene ring substituents is 1. The van der Waals surface area contributed by atoms with Crippen LogP contribution in [0.3, 0.4) is 0 Å². The molecule has 2 amide bonds. The minimum Gasteiger partial charge on any atom is -0.500 e. The first-order valence-electron chi connectivity index (χ1n) is 9.85. The number of phenolic OH excluding ortho intramolecular Hbond substituents is 1. The Kier molecular flexibility index (Phi) is 7.62. The van der Waals surface area contributed by atoms with Gasteiger partial charge in [-0.15, -0.1) is 0 Å². The minimum absolute atomic E-state index is 0.110. The third-order valence-corrected chi connectivity index (χ3v) is 4.40. The number of phenols is 1. The highest BCUT2D eigenvalue weighted by molar-refractivity contribution is 5.95. The molecule has 0 aromatic heterocycles. The number of carbonyl (C=O) groups is 2. The summed E-state index contributed by atoms with van der Waals surface area (Å²) in [4.78, 5) is 35.8. The van der Waals surface area contributed by atoms with Crippen molar-refractivity contribution in [3.8, 4) is 11.5 Å². The summed E-state index contributed by atoms with van der Waals surface area (Å²) in [6.45, 7) is 7.20. The highest BCUT2D eigenvalue weighted by Gasteiger charge is 2.36. The third-order valence-electron chi connectivity index (χ3n) is 4.40. The fraction of sp³-hybridized carbons (Fsp3) is 0.500. The molecule has 10 nitrogen and oxygen atoms in total. The molecule has 0 spiro atoms. The number of esters is 1. The van der Waals surface area contributed by atoms with E-state index in [-0.39, 0.29) is 23.5 Å². The zero-order valence-corrected chi connectivity index (χ0v) is 17.5. The molecule has 1 aliphatic heterocycles. The lowest BCUT2D eigenvalue weighted by Crippen LogP contribution is -2.46. The molecule has 0 bridgehead atoms. The molecule has 164 valence electrons. The Morgan fingerprint density at radius 1 is 1.33 bits per heavy atom. The molecule has 1 aliphatic rings. The third kappa shape index (κ3) is 5.19. The lowest BCUT2D eigenvalue weighted by Gasteiger charge is -2.30. The molecule has 1 atom stereocenters. The maximum absolute atomic E-state index is 12.9. The van der Waals surface area contributed by atoms with Gasteiger partial charge in [-0.05, 0) is 45.2 Å². The van der Waals surface area contributed by atoms with Crippen molar-refractivity contribution in [1.82, 2.24) is 10.6 Å². The summed E-state index contributed by atoms with van der Waals surface area (Å²) in [6, 6.07) is 0.951. The number of amides is 2. The van der Waals surface area contributed by atoms with Crippen molar-refractivity contribution < 1.29 is 29.1 Å². The van der Waals surface area contributed by atoms with Crippen molar-refractivity contribution in [2.24, 2.45) is 0 Å². The van der Waals surface area contributed by atoms with E-state index < -0.39 is 40.5 Å². The number of nitrogens with one attached hydrogen (secondary N) is 2. The zero-order valence-electron chi connectivity index (χ0n) is 17.5. The van der Waals surface area contributed by atoms with Crippen molar-refractivity contribution in [2.75, 3.05) is 6.61 Å². The molecule has 0 fully saturated rings. The summed E-state index contributed by atoms with van der Waals surface area (Å²) in [5.41, 5.74) is 0.210. The Morgan fingerprint density at radius 2 is 2.03 bits per heavy atom. The van der Waals surface area contributed by atoms with Gasteiger partial charge in [-0.2, -0.15) is 0 Å². The molecule has 30 heavy (non-hydrogen) atoms. The number of hydrogen-bond acceptors (Lipinski definition) is 7. The molecule has 1 aromatic carbocycles. The van der Waals surface area contributed by atoms with Crippen molar-refractivity contribution in [1.29, 1.82) is 0 Å². The number of rotatable bonds is 9. The van der Waals surface area contributed by atoms with Gasteiger partial charge in [-0.1, -0.05) is 13.3 Å². The fourth-order valence-electron chi connectivity index (χ4n) is 3.12. The van der Waals surface area contributed by atoms with Gasteiger partial charge in [-0.3, -0.25) is 10.1 Å². The predicted octanol–water partition coefficient (Wildman–Crippen LogP) is 3.45. The summed E-state index contributed by atoms with van der Waals surface area (Å²) < 4.78 is 10.7. The van der Waals surface area contributed by atoms with Crippen LogP contribution in [0.5, 0.6) is 11.5 Å². The van der Waals surface area contributed by atoms with E-state index in [1.165, 1.54) is 6.07 Å². The average Bonchev–Trinajstić information content (AvgIpc) is 2.66. The van der Waals surface area contributed by atoms with E-state index in [9.17, 15) is 24.8 Å². The Bertz CT molecular complexity index is 864. The molecule has 0 saturated heterocycles. The molecule has 1 heterocycles. The number of unbranched alkanes of at least 4 members (excludes halogenated alkanes) is 1. The van der Waals surface area contributed by atoms with Crippen LogP contribution in [0.15, 0.2) is 23.4 Å². The second-order valence-electron chi connectivity index (χ2n) is 7.06. The summed E-state index contributed by atoms with van der Waals surface area (Å²) >= 11 is 0. The van der Waals surface area contributed by atoms with Gasteiger partial charge in [0.25, 0.3) is 0 Å². The van der Waals surface area contributed by atoms with Crippen molar-refractivity contribution in [2.45, 2.75) is 59.1 Å². The van der Waals surface area contributed by atoms with Gasteiger partial charge in [-0.25, -0.2) is 9.59 Å². The summed E-state index contributed by atoms with van der Waals surface area (Å²) in [7, 11) is 0. The van der Waals surface area contributed by atoms with E-state index in [1.807, 2.05) is 6.92 Å². The van der Waals surface area contributed by atoms with Crippen LogP contribution in [-0.4, -0.2) is 34.7 Å². The molecule has 1 unspecified atom stereocenters. The molecule has 0 aliphatic carbocycles. The second-order valence-corrected chi connectivity index (χ2v) is 7.06. The van der Waals surface area contributed by atoms with Gasteiger partial charge in [0.15, 0.2) is 5.75 Å². The van der Waals surface area contributed by atoms with Crippen LogP contribution in [0.25, 0.3) is 0 Å². The monoisotopic (exact) mass is 421 g/mol. The Hall–Kier alpha value is -3.30. The minimum atomic E-state index is -1.00. The van der Waals surface area contributed by atoms with Crippen molar-refractivity contribution in [3.05, 3.63) is 39.1 Å². The number of allylic oxidation sites excluding steroid dienone is 1. The van der Waals surface area contributed by atoms with E-state index in [0.717, 1.165) is 18.9 Å². The quantitative estimate of drug-likeness (QED) is 0.315. The molecule has 1 aromatic rings. The van der Waals surface area contributed by atoms with Crippen molar-refractivity contribution in [3.63, 3.8) is 0 Å². The van der Waals surface area contributed by atoms with E-state index >= 15 is 0 Å². The maximum Gasteiger partial charge on any atom is 0.338 e. The van der Waals surface area contributed by atoms with E-state index in [4.69, 9.17) is 9.47 Å². The number of nitro groups is 1. The lowest BCUT2D eigenvalue weighted by atomic mass is 9.92. The van der Waals surface area contributed by atoms with E-state index in [1.54, 1.807) is 20.8 Å².